The Bertz CT molecular complexity index is 590. The molecule has 2 amide bonds. The van der Waals surface area contributed by atoms with Crippen molar-refractivity contribution in [3.8, 4) is 12.3 Å². The number of fused-ring (bicyclic) bond motifs is 1. The van der Waals surface area contributed by atoms with Crippen molar-refractivity contribution in [1.29, 1.82) is 0 Å². The normalized spacial score (nSPS) is 13.2. The molecule has 1 aliphatic rings. The van der Waals surface area contributed by atoms with Crippen molar-refractivity contribution in [3.63, 3.8) is 0 Å². The zero-order valence-electron chi connectivity index (χ0n) is 11.8. The lowest BCUT2D eigenvalue weighted by molar-refractivity contribution is 0.0696. The number of carbonyl (C=O) groups excluding carboxylic acids is 1. The molecule has 110 valence electrons. The van der Waals surface area contributed by atoms with Crippen LogP contribution in [-0.4, -0.2) is 30.2 Å². The van der Waals surface area contributed by atoms with Crippen molar-refractivity contribution in [1.82, 2.24) is 5.32 Å². The zero-order valence-corrected chi connectivity index (χ0v) is 11.8. The summed E-state index contributed by atoms with van der Waals surface area (Å²) in [5, 5.41) is 11.9. The number of anilines is 1. The fraction of sp³-hybridized carbons (Fsp3) is 0.375. The van der Waals surface area contributed by atoms with E-state index in [2.05, 4.69) is 11.2 Å². The lowest BCUT2D eigenvalue weighted by atomic mass is 9.99. The van der Waals surface area contributed by atoms with Crippen LogP contribution in [0.2, 0.25) is 0 Å². The van der Waals surface area contributed by atoms with Crippen molar-refractivity contribution in [3.05, 3.63) is 29.3 Å². The molecule has 0 atom stereocenters. The summed E-state index contributed by atoms with van der Waals surface area (Å²) in [5.41, 5.74) is 1.95. The molecule has 0 bridgehead atoms. The number of aryl methyl sites for hydroxylation is 1. The van der Waals surface area contributed by atoms with Crippen LogP contribution in [-0.2, 0) is 6.42 Å². The number of rotatable bonds is 4. The highest BCUT2D eigenvalue weighted by molar-refractivity contribution is 5.95. The molecule has 21 heavy (non-hydrogen) atoms. The maximum Gasteiger partial charge on any atom is 0.335 e. The van der Waals surface area contributed by atoms with Crippen molar-refractivity contribution in [2.75, 3.05) is 18.0 Å². The Morgan fingerprint density at radius 1 is 1.43 bits per heavy atom. The van der Waals surface area contributed by atoms with Gasteiger partial charge in [0, 0.05) is 25.2 Å². The Kier molecular flexibility index (Phi) is 4.83. The summed E-state index contributed by atoms with van der Waals surface area (Å²) in [4.78, 5) is 24.9. The van der Waals surface area contributed by atoms with Gasteiger partial charge in [-0.2, -0.15) is 0 Å². The van der Waals surface area contributed by atoms with Gasteiger partial charge in [-0.15, -0.1) is 12.3 Å². The van der Waals surface area contributed by atoms with Crippen LogP contribution in [0.25, 0.3) is 0 Å². The Hall–Kier alpha value is -2.48. The minimum Gasteiger partial charge on any atom is -0.478 e. The van der Waals surface area contributed by atoms with Gasteiger partial charge in [-0.05, 0) is 43.0 Å². The number of benzene rings is 1. The van der Waals surface area contributed by atoms with Crippen LogP contribution in [0.1, 0.15) is 35.2 Å². The number of nitrogens with one attached hydrogen (secondary N) is 1. The molecule has 0 saturated heterocycles. The predicted molar refractivity (Wildman–Crippen MR) is 80.5 cm³/mol. The Balaban J connectivity index is 2.09. The first-order valence-electron chi connectivity index (χ1n) is 6.98. The number of carboxylic acid groups (broad SMARTS) is 1. The van der Waals surface area contributed by atoms with Gasteiger partial charge in [-0.25, -0.2) is 9.59 Å². The van der Waals surface area contributed by atoms with E-state index in [1.165, 1.54) is 6.07 Å². The van der Waals surface area contributed by atoms with Gasteiger partial charge < -0.3 is 10.4 Å². The second-order valence-corrected chi connectivity index (χ2v) is 4.94. The van der Waals surface area contributed by atoms with Crippen LogP contribution in [0.15, 0.2) is 18.2 Å². The summed E-state index contributed by atoms with van der Waals surface area (Å²) < 4.78 is 0. The minimum absolute atomic E-state index is 0.156. The zero-order chi connectivity index (χ0) is 15.2. The third kappa shape index (κ3) is 3.54. The van der Waals surface area contributed by atoms with Gasteiger partial charge in [0.1, 0.15) is 0 Å². The molecule has 1 heterocycles. The SMILES string of the molecule is C#CCCCNC(=O)N1CCCc2cc(C(=O)O)ccc21. The lowest BCUT2D eigenvalue weighted by Gasteiger charge is -2.29. The molecule has 0 radical (unpaired) electrons. The fourth-order valence-electron chi connectivity index (χ4n) is 2.42. The van der Waals surface area contributed by atoms with Crippen LogP contribution >= 0.6 is 0 Å². The van der Waals surface area contributed by atoms with E-state index in [1.54, 1.807) is 17.0 Å². The molecule has 1 aromatic carbocycles. The second-order valence-electron chi connectivity index (χ2n) is 4.94. The number of unbranched alkanes of at least 4 members (excludes halogenated alkanes) is 1. The van der Waals surface area contributed by atoms with Crippen molar-refractivity contribution >= 4 is 17.7 Å². The largest absolute Gasteiger partial charge is 0.478 e. The minimum atomic E-state index is -0.950. The molecular formula is C16H18N2O3. The molecular weight excluding hydrogens is 268 g/mol. The number of urea groups is 1. The maximum absolute atomic E-state index is 12.2. The number of hydrogen-bond acceptors (Lipinski definition) is 2. The monoisotopic (exact) mass is 286 g/mol. The van der Waals surface area contributed by atoms with Gasteiger partial charge in [0.25, 0.3) is 0 Å². The van der Waals surface area contributed by atoms with Crippen LogP contribution < -0.4 is 10.2 Å². The Morgan fingerprint density at radius 3 is 2.95 bits per heavy atom. The van der Waals surface area contributed by atoms with E-state index in [-0.39, 0.29) is 11.6 Å². The number of terminal acetylenes is 1. The second kappa shape index (κ2) is 6.80. The number of carboxylic acids is 1. The predicted octanol–water partition coefficient (Wildman–Crippen LogP) is 2.26. The first-order valence-corrected chi connectivity index (χ1v) is 6.98. The van der Waals surface area contributed by atoms with E-state index in [0.717, 1.165) is 30.5 Å². The molecule has 2 rings (SSSR count). The van der Waals surface area contributed by atoms with Crippen molar-refractivity contribution in [2.24, 2.45) is 0 Å². The van der Waals surface area contributed by atoms with Crippen molar-refractivity contribution in [2.45, 2.75) is 25.7 Å². The Morgan fingerprint density at radius 2 is 2.24 bits per heavy atom. The van der Waals surface area contributed by atoms with E-state index in [9.17, 15) is 9.59 Å². The maximum atomic E-state index is 12.2. The van der Waals surface area contributed by atoms with Gasteiger partial charge in [0.15, 0.2) is 0 Å². The summed E-state index contributed by atoms with van der Waals surface area (Å²) in [5.74, 6) is 1.58. The molecule has 1 aliphatic heterocycles. The summed E-state index contributed by atoms with van der Waals surface area (Å²) in [7, 11) is 0. The average Bonchev–Trinajstić information content (AvgIpc) is 2.50. The topological polar surface area (TPSA) is 69.6 Å². The van der Waals surface area contributed by atoms with Gasteiger partial charge in [0.05, 0.1) is 5.56 Å². The molecule has 0 aromatic heterocycles. The highest BCUT2D eigenvalue weighted by atomic mass is 16.4. The van der Waals surface area contributed by atoms with Crippen LogP contribution in [0.4, 0.5) is 10.5 Å². The molecule has 5 heteroatoms. The van der Waals surface area contributed by atoms with Crippen LogP contribution in [0.3, 0.4) is 0 Å². The molecule has 0 fully saturated rings. The van der Waals surface area contributed by atoms with E-state index < -0.39 is 5.97 Å². The number of nitrogens with zero attached hydrogens (tertiary/aromatic N) is 1. The molecule has 0 aliphatic carbocycles. The van der Waals surface area contributed by atoms with Gasteiger partial charge in [-0.3, -0.25) is 4.90 Å². The van der Waals surface area contributed by atoms with E-state index in [4.69, 9.17) is 11.5 Å². The number of aromatic carboxylic acids is 1. The Labute approximate surface area is 124 Å². The van der Waals surface area contributed by atoms with E-state index in [1.807, 2.05) is 0 Å². The summed E-state index contributed by atoms with van der Waals surface area (Å²) >= 11 is 0. The van der Waals surface area contributed by atoms with Crippen LogP contribution in [0.5, 0.6) is 0 Å². The highest BCUT2D eigenvalue weighted by Crippen LogP contribution is 2.28. The van der Waals surface area contributed by atoms with E-state index in [0.29, 0.717) is 19.5 Å². The smallest absolute Gasteiger partial charge is 0.335 e. The third-order valence-electron chi connectivity index (χ3n) is 3.46. The summed E-state index contributed by atoms with van der Waals surface area (Å²) in [6.45, 7) is 1.18. The number of amides is 2. The standard InChI is InChI=1S/C16H18N2O3/c1-2-3-4-9-17-16(21)18-10-5-6-12-11-13(15(19)20)7-8-14(12)18/h1,7-8,11H,3-6,9-10H2,(H,17,21)(H,19,20). The summed E-state index contributed by atoms with van der Waals surface area (Å²) in [6.07, 6.45) is 8.17. The van der Waals surface area contributed by atoms with Gasteiger partial charge in [-0.1, -0.05) is 0 Å². The fourth-order valence-corrected chi connectivity index (χ4v) is 2.42. The molecule has 0 spiro atoms. The average molecular weight is 286 g/mol. The summed E-state index contributed by atoms with van der Waals surface area (Å²) in [6, 6.07) is 4.73. The van der Waals surface area contributed by atoms with E-state index >= 15 is 0 Å². The first-order chi connectivity index (χ1) is 10.1. The number of hydrogen-bond donors (Lipinski definition) is 2. The number of carbonyl (C=O) groups is 2. The third-order valence-corrected chi connectivity index (χ3v) is 3.46. The van der Waals surface area contributed by atoms with Crippen LogP contribution in [0, 0.1) is 12.3 Å². The highest BCUT2D eigenvalue weighted by Gasteiger charge is 2.23. The first kappa shape index (κ1) is 14.9. The quantitative estimate of drug-likeness (QED) is 0.659. The molecule has 5 nitrogen and oxygen atoms in total. The molecule has 0 saturated carbocycles. The molecule has 2 N–H and O–H groups in total. The molecule has 0 unspecified atom stereocenters. The van der Waals surface area contributed by atoms with Crippen molar-refractivity contribution < 1.29 is 14.7 Å². The van der Waals surface area contributed by atoms with Gasteiger partial charge >= 0.3 is 12.0 Å². The van der Waals surface area contributed by atoms with Gasteiger partial charge in [0.2, 0.25) is 0 Å². The lowest BCUT2D eigenvalue weighted by Crippen LogP contribution is -2.43. The molecule has 1 aromatic rings.